The summed E-state index contributed by atoms with van der Waals surface area (Å²) in [4.78, 5) is 10.3. The van der Waals surface area contributed by atoms with Crippen molar-refractivity contribution in [1.82, 2.24) is 0 Å². The van der Waals surface area contributed by atoms with E-state index in [1.54, 1.807) is 19.2 Å². The van der Waals surface area contributed by atoms with Crippen LogP contribution in [0.5, 0.6) is 0 Å². The van der Waals surface area contributed by atoms with Crippen LogP contribution in [0.15, 0.2) is 18.2 Å². The molecular formula is C13H18N2O3. The summed E-state index contributed by atoms with van der Waals surface area (Å²) in [6.07, 6.45) is 3.54. The number of rotatable bonds is 4. The molecule has 0 heterocycles. The van der Waals surface area contributed by atoms with Crippen molar-refractivity contribution in [1.29, 1.82) is 0 Å². The molecule has 0 saturated heterocycles. The molecule has 1 N–H and O–H groups in total. The maximum Gasteiger partial charge on any atom is 0.269 e. The van der Waals surface area contributed by atoms with Crippen LogP contribution >= 0.6 is 0 Å². The van der Waals surface area contributed by atoms with Crippen molar-refractivity contribution in [3.05, 3.63) is 33.9 Å². The number of anilines is 1. The van der Waals surface area contributed by atoms with E-state index < -0.39 is 0 Å². The van der Waals surface area contributed by atoms with Crippen LogP contribution in [0.1, 0.15) is 24.8 Å². The van der Waals surface area contributed by atoms with Gasteiger partial charge in [0.1, 0.15) is 0 Å². The molecule has 2 atom stereocenters. The first kappa shape index (κ1) is 12.8. The lowest BCUT2D eigenvalue weighted by Crippen LogP contribution is -2.29. The zero-order valence-corrected chi connectivity index (χ0v) is 10.7. The molecule has 2 unspecified atom stereocenters. The Bertz CT molecular complexity index is 448. The number of hydrogen-bond acceptors (Lipinski definition) is 4. The zero-order chi connectivity index (χ0) is 13.1. The fourth-order valence-electron chi connectivity index (χ4n) is 2.50. The third-order valence-electron chi connectivity index (χ3n) is 3.52. The third kappa shape index (κ3) is 2.61. The standard InChI is InChI=1S/C13H18N2O3/c1-9-8-10(15(16)17)6-7-11(9)14-12-4-3-5-13(12)18-2/h6-8,12-14H,3-5H2,1-2H3. The number of nitro benzene ring substituents is 1. The Morgan fingerprint density at radius 2 is 2.22 bits per heavy atom. The van der Waals surface area contributed by atoms with Gasteiger partial charge in [0.15, 0.2) is 0 Å². The summed E-state index contributed by atoms with van der Waals surface area (Å²) in [5.41, 5.74) is 1.98. The Morgan fingerprint density at radius 3 is 2.83 bits per heavy atom. The highest BCUT2D eigenvalue weighted by Crippen LogP contribution is 2.28. The van der Waals surface area contributed by atoms with E-state index in [2.05, 4.69) is 5.32 Å². The molecule has 0 radical (unpaired) electrons. The van der Waals surface area contributed by atoms with E-state index >= 15 is 0 Å². The van der Waals surface area contributed by atoms with Crippen LogP contribution in [0.25, 0.3) is 0 Å². The van der Waals surface area contributed by atoms with Crippen molar-refractivity contribution in [3.8, 4) is 0 Å². The normalized spacial score (nSPS) is 23.0. The number of ether oxygens (including phenoxy) is 1. The van der Waals surface area contributed by atoms with Crippen molar-refractivity contribution >= 4 is 11.4 Å². The minimum Gasteiger partial charge on any atom is -0.379 e. The number of benzene rings is 1. The second kappa shape index (κ2) is 5.35. The van der Waals surface area contributed by atoms with Crippen LogP contribution in [0.4, 0.5) is 11.4 Å². The molecule has 2 rings (SSSR count). The molecule has 0 bridgehead atoms. The van der Waals surface area contributed by atoms with Crippen molar-refractivity contribution in [2.45, 2.75) is 38.3 Å². The summed E-state index contributed by atoms with van der Waals surface area (Å²) in [6, 6.07) is 5.21. The molecule has 0 aliphatic heterocycles. The van der Waals surface area contributed by atoms with E-state index in [4.69, 9.17) is 4.74 Å². The fourth-order valence-corrected chi connectivity index (χ4v) is 2.50. The highest BCUT2D eigenvalue weighted by atomic mass is 16.6. The first-order chi connectivity index (χ1) is 8.61. The first-order valence-electron chi connectivity index (χ1n) is 6.16. The van der Waals surface area contributed by atoms with E-state index in [-0.39, 0.29) is 16.7 Å². The second-order valence-electron chi connectivity index (χ2n) is 4.71. The molecular weight excluding hydrogens is 232 g/mol. The summed E-state index contributed by atoms with van der Waals surface area (Å²) in [5, 5.41) is 14.1. The van der Waals surface area contributed by atoms with E-state index in [1.165, 1.54) is 6.07 Å². The van der Waals surface area contributed by atoms with Crippen molar-refractivity contribution < 1.29 is 9.66 Å². The predicted molar refractivity (Wildman–Crippen MR) is 69.9 cm³/mol. The van der Waals surface area contributed by atoms with Crippen LogP contribution in [0, 0.1) is 17.0 Å². The maximum absolute atomic E-state index is 10.7. The fraction of sp³-hybridized carbons (Fsp3) is 0.538. The van der Waals surface area contributed by atoms with Gasteiger partial charge in [-0.3, -0.25) is 10.1 Å². The number of hydrogen-bond donors (Lipinski definition) is 1. The molecule has 1 fully saturated rings. The Balaban J connectivity index is 2.12. The largest absolute Gasteiger partial charge is 0.379 e. The minimum atomic E-state index is -0.371. The average molecular weight is 250 g/mol. The predicted octanol–water partition coefficient (Wildman–Crippen LogP) is 2.88. The van der Waals surface area contributed by atoms with Crippen molar-refractivity contribution in [2.75, 3.05) is 12.4 Å². The molecule has 1 aromatic rings. The molecule has 1 aliphatic carbocycles. The Hall–Kier alpha value is -1.62. The molecule has 5 heteroatoms. The van der Waals surface area contributed by atoms with Crippen molar-refractivity contribution in [3.63, 3.8) is 0 Å². The minimum absolute atomic E-state index is 0.132. The number of nitrogens with one attached hydrogen (secondary N) is 1. The molecule has 1 aliphatic rings. The molecule has 0 aromatic heterocycles. The van der Waals surface area contributed by atoms with Crippen LogP contribution in [0.3, 0.4) is 0 Å². The summed E-state index contributed by atoms with van der Waals surface area (Å²) >= 11 is 0. The monoisotopic (exact) mass is 250 g/mol. The second-order valence-corrected chi connectivity index (χ2v) is 4.71. The van der Waals surface area contributed by atoms with E-state index in [1.807, 2.05) is 6.92 Å². The van der Waals surface area contributed by atoms with Gasteiger partial charge >= 0.3 is 0 Å². The molecule has 98 valence electrons. The summed E-state index contributed by atoms with van der Waals surface area (Å²) in [7, 11) is 1.73. The number of aryl methyl sites for hydroxylation is 1. The van der Waals surface area contributed by atoms with E-state index in [9.17, 15) is 10.1 Å². The van der Waals surface area contributed by atoms with Crippen LogP contribution in [0.2, 0.25) is 0 Å². The van der Waals surface area contributed by atoms with Crippen molar-refractivity contribution in [2.24, 2.45) is 0 Å². The maximum atomic E-state index is 10.7. The first-order valence-corrected chi connectivity index (χ1v) is 6.16. The zero-order valence-electron chi connectivity index (χ0n) is 10.7. The van der Waals surface area contributed by atoms with Gasteiger partial charge < -0.3 is 10.1 Å². The lowest BCUT2D eigenvalue weighted by molar-refractivity contribution is -0.384. The Morgan fingerprint density at radius 1 is 1.44 bits per heavy atom. The molecule has 1 saturated carbocycles. The van der Waals surface area contributed by atoms with Crippen LogP contribution in [-0.2, 0) is 4.74 Å². The van der Waals surface area contributed by atoms with E-state index in [0.29, 0.717) is 6.04 Å². The molecule has 0 amide bonds. The molecule has 0 spiro atoms. The molecule has 1 aromatic carbocycles. The smallest absolute Gasteiger partial charge is 0.269 e. The number of nitro groups is 1. The summed E-state index contributed by atoms with van der Waals surface area (Å²) in [6.45, 7) is 1.88. The van der Waals surface area contributed by atoms with Crippen LogP contribution in [-0.4, -0.2) is 24.2 Å². The Labute approximate surface area is 106 Å². The Kier molecular flexibility index (Phi) is 3.81. The summed E-state index contributed by atoms with van der Waals surface area (Å²) in [5.74, 6) is 0. The quantitative estimate of drug-likeness (QED) is 0.659. The topological polar surface area (TPSA) is 64.4 Å². The van der Waals surface area contributed by atoms with Gasteiger partial charge in [-0.1, -0.05) is 0 Å². The third-order valence-corrected chi connectivity index (χ3v) is 3.52. The van der Waals surface area contributed by atoms with Gasteiger partial charge in [0.2, 0.25) is 0 Å². The number of nitrogens with zero attached hydrogens (tertiary/aromatic N) is 1. The highest BCUT2D eigenvalue weighted by molar-refractivity contribution is 5.56. The number of non-ortho nitro benzene ring substituents is 1. The van der Waals surface area contributed by atoms with Gasteiger partial charge in [0, 0.05) is 24.9 Å². The van der Waals surface area contributed by atoms with Crippen LogP contribution < -0.4 is 5.32 Å². The highest BCUT2D eigenvalue weighted by Gasteiger charge is 2.27. The summed E-state index contributed by atoms with van der Waals surface area (Å²) < 4.78 is 5.43. The lowest BCUT2D eigenvalue weighted by Gasteiger charge is -2.21. The van der Waals surface area contributed by atoms with E-state index in [0.717, 1.165) is 30.5 Å². The average Bonchev–Trinajstić information content (AvgIpc) is 2.78. The molecule has 18 heavy (non-hydrogen) atoms. The van der Waals surface area contributed by atoms with Gasteiger partial charge in [-0.15, -0.1) is 0 Å². The van der Waals surface area contributed by atoms with Gasteiger partial charge in [-0.05, 0) is 37.8 Å². The lowest BCUT2D eigenvalue weighted by atomic mass is 10.1. The SMILES string of the molecule is COC1CCCC1Nc1ccc([N+](=O)[O-])cc1C. The van der Waals surface area contributed by atoms with Gasteiger partial charge in [-0.2, -0.15) is 0 Å². The van der Waals surface area contributed by atoms with Gasteiger partial charge in [-0.25, -0.2) is 0 Å². The van der Waals surface area contributed by atoms with Gasteiger partial charge in [0.05, 0.1) is 17.1 Å². The van der Waals surface area contributed by atoms with Gasteiger partial charge in [0.25, 0.3) is 5.69 Å². The number of methoxy groups -OCH3 is 1. The molecule has 5 nitrogen and oxygen atoms in total.